The van der Waals surface area contributed by atoms with Crippen LogP contribution in [0.25, 0.3) is 11.6 Å². The minimum atomic E-state index is -0.870. The fraction of sp³-hybridized carbons (Fsp3) is 0.435. The van der Waals surface area contributed by atoms with Crippen LogP contribution < -0.4 is 10.2 Å². The maximum Gasteiger partial charge on any atom is 0.251 e. The van der Waals surface area contributed by atoms with Gasteiger partial charge in [-0.1, -0.05) is 31.9 Å². The van der Waals surface area contributed by atoms with Crippen molar-refractivity contribution < 1.29 is 18.4 Å². The lowest BCUT2D eigenvalue weighted by Gasteiger charge is -2.31. The summed E-state index contributed by atoms with van der Waals surface area (Å²) in [6.07, 6.45) is 4.27. The molecule has 1 aromatic carbocycles. The van der Waals surface area contributed by atoms with Crippen LogP contribution in [0.3, 0.4) is 0 Å². The molecule has 1 N–H and O–H groups in total. The van der Waals surface area contributed by atoms with Crippen molar-refractivity contribution in [2.45, 2.75) is 64.6 Å². The molecule has 4 rings (SSSR count). The normalized spacial score (nSPS) is 14.9. The number of para-hydroxylation sites is 1. The molecule has 174 valence electrons. The minimum absolute atomic E-state index is 0.0397. The Hall–Kier alpha value is -3.56. The summed E-state index contributed by atoms with van der Waals surface area (Å²) < 4.78 is 20.2. The number of aryl methyl sites for hydroxylation is 1. The van der Waals surface area contributed by atoms with Gasteiger partial charge in [-0.25, -0.2) is 4.39 Å². The molecule has 0 saturated heterocycles. The Morgan fingerprint density at radius 3 is 2.67 bits per heavy atom. The van der Waals surface area contributed by atoms with E-state index in [9.17, 15) is 14.0 Å². The van der Waals surface area contributed by atoms with Crippen molar-refractivity contribution in [2.24, 2.45) is 0 Å². The molecule has 2 heterocycles. The maximum absolute atomic E-state index is 14.7. The van der Waals surface area contributed by atoms with Crippen LogP contribution in [0.1, 0.15) is 44.8 Å². The molecular weight excluding hydrogens is 427 g/mol. The summed E-state index contributed by atoms with van der Waals surface area (Å²) in [6.45, 7) is 3.28. The third-order valence-electron chi connectivity index (χ3n) is 5.77. The molecule has 0 aliphatic heterocycles. The van der Waals surface area contributed by atoms with Gasteiger partial charge in [-0.2, -0.15) is 4.80 Å². The van der Waals surface area contributed by atoms with E-state index < -0.39 is 17.8 Å². The predicted molar refractivity (Wildman–Crippen MR) is 119 cm³/mol. The summed E-state index contributed by atoms with van der Waals surface area (Å²) in [5.74, 6) is -0.0372. The summed E-state index contributed by atoms with van der Waals surface area (Å²) >= 11 is 0. The molecule has 1 saturated carbocycles. The van der Waals surface area contributed by atoms with Gasteiger partial charge >= 0.3 is 0 Å². The number of aromatic nitrogens is 4. The molecular formula is C23H27FN6O3. The lowest BCUT2D eigenvalue weighted by molar-refractivity contribution is -0.127. The number of anilines is 1. The summed E-state index contributed by atoms with van der Waals surface area (Å²) in [5.41, 5.74) is 0.0397. The molecule has 10 heteroatoms. The average Bonchev–Trinajstić information content (AvgIpc) is 3.55. The number of hydrogen-bond donors (Lipinski definition) is 1. The van der Waals surface area contributed by atoms with E-state index in [1.54, 1.807) is 32.0 Å². The van der Waals surface area contributed by atoms with Gasteiger partial charge in [-0.15, -0.1) is 10.2 Å². The van der Waals surface area contributed by atoms with E-state index in [4.69, 9.17) is 4.42 Å². The van der Waals surface area contributed by atoms with Gasteiger partial charge < -0.3 is 9.73 Å². The van der Waals surface area contributed by atoms with Gasteiger partial charge in [0, 0.05) is 6.04 Å². The molecule has 2 aromatic heterocycles. The Kier molecular flexibility index (Phi) is 6.81. The van der Waals surface area contributed by atoms with Crippen molar-refractivity contribution >= 4 is 17.5 Å². The number of carbonyl (C=O) groups is 2. The largest absolute Gasteiger partial charge is 0.458 e. The fourth-order valence-electron chi connectivity index (χ4n) is 4.14. The highest BCUT2D eigenvalue weighted by molar-refractivity contribution is 6.00. The zero-order chi connectivity index (χ0) is 23.4. The predicted octanol–water partition coefficient (Wildman–Crippen LogP) is 3.25. The van der Waals surface area contributed by atoms with Crippen molar-refractivity contribution in [2.75, 3.05) is 4.90 Å². The zero-order valence-electron chi connectivity index (χ0n) is 18.7. The van der Waals surface area contributed by atoms with E-state index in [0.717, 1.165) is 30.5 Å². The number of nitrogens with one attached hydrogen (secondary N) is 1. The first-order chi connectivity index (χ1) is 16.0. The first kappa shape index (κ1) is 22.6. The van der Waals surface area contributed by atoms with Gasteiger partial charge in [-0.3, -0.25) is 14.5 Å². The minimum Gasteiger partial charge on any atom is -0.458 e. The van der Waals surface area contributed by atoms with Crippen molar-refractivity contribution in [1.29, 1.82) is 0 Å². The molecule has 1 fully saturated rings. The summed E-state index contributed by atoms with van der Waals surface area (Å²) in [5, 5.41) is 15.1. The molecule has 1 atom stereocenters. The van der Waals surface area contributed by atoms with E-state index >= 15 is 0 Å². The van der Waals surface area contributed by atoms with Gasteiger partial charge in [0.15, 0.2) is 5.76 Å². The summed E-state index contributed by atoms with van der Waals surface area (Å²) in [6, 6.07) is 8.63. The standard InChI is InChI=1S/C23H27FN6O3/c1-3-18(23(32)25-16-8-4-5-9-16)30(19-11-7-6-10-17(19)24)21(31)14-29-27-22(26-28-29)20-13-12-15(2)33-20/h6-7,10-13,16,18H,3-5,8-9,14H2,1-2H3,(H,25,32)/t18-/m1/s1. The third-order valence-corrected chi connectivity index (χ3v) is 5.77. The van der Waals surface area contributed by atoms with Crippen LogP contribution in [0.2, 0.25) is 0 Å². The van der Waals surface area contributed by atoms with Crippen LogP contribution in [0, 0.1) is 12.7 Å². The van der Waals surface area contributed by atoms with E-state index in [0.29, 0.717) is 17.9 Å². The molecule has 1 aliphatic carbocycles. The van der Waals surface area contributed by atoms with Crippen molar-refractivity contribution in [1.82, 2.24) is 25.5 Å². The SMILES string of the molecule is CC[C@H](C(=O)NC1CCCC1)N(C(=O)Cn1nnc(-c2ccc(C)o2)n1)c1ccccc1F. The number of hydrogen-bond acceptors (Lipinski definition) is 6. The highest BCUT2D eigenvalue weighted by Crippen LogP contribution is 2.25. The number of tetrazole rings is 1. The third kappa shape index (κ3) is 5.10. The van der Waals surface area contributed by atoms with Crippen LogP contribution in [0.5, 0.6) is 0 Å². The second-order valence-corrected chi connectivity index (χ2v) is 8.18. The molecule has 1 aliphatic rings. The smallest absolute Gasteiger partial charge is 0.251 e. The van der Waals surface area contributed by atoms with E-state index in [-0.39, 0.29) is 30.0 Å². The second kappa shape index (κ2) is 9.93. The van der Waals surface area contributed by atoms with Gasteiger partial charge in [0.2, 0.25) is 11.7 Å². The van der Waals surface area contributed by atoms with Crippen LogP contribution in [-0.2, 0) is 16.1 Å². The lowest BCUT2D eigenvalue weighted by atomic mass is 10.1. The molecule has 0 spiro atoms. The Labute approximate surface area is 190 Å². The fourth-order valence-corrected chi connectivity index (χ4v) is 4.14. The van der Waals surface area contributed by atoms with E-state index in [2.05, 4.69) is 20.7 Å². The molecule has 2 amide bonds. The van der Waals surface area contributed by atoms with Gasteiger partial charge in [0.1, 0.15) is 24.2 Å². The highest BCUT2D eigenvalue weighted by Gasteiger charge is 2.33. The highest BCUT2D eigenvalue weighted by atomic mass is 19.1. The van der Waals surface area contributed by atoms with E-state index in [1.165, 1.54) is 23.1 Å². The Morgan fingerprint density at radius 1 is 1.24 bits per heavy atom. The first-order valence-corrected chi connectivity index (χ1v) is 11.2. The molecule has 0 unspecified atom stereocenters. The van der Waals surface area contributed by atoms with Gasteiger partial charge in [0.25, 0.3) is 5.91 Å². The first-order valence-electron chi connectivity index (χ1n) is 11.2. The summed E-state index contributed by atoms with van der Waals surface area (Å²) in [7, 11) is 0. The molecule has 0 bridgehead atoms. The Morgan fingerprint density at radius 2 is 2.00 bits per heavy atom. The van der Waals surface area contributed by atoms with E-state index in [1.807, 2.05) is 0 Å². The number of nitrogens with zero attached hydrogens (tertiary/aromatic N) is 5. The maximum atomic E-state index is 14.7. The molecule has 33 heavy (non-hydrogen) atoms. The van der Waals surface area contributed by atoms with Gasteiger partial charge in [-0.05, 0) is 55.7 Å². The van der Waals surface area contributed by atoms with Gasteiger partial charge in [0.05, 0.1) is 5.69 Å². The number of amides is 2. The number of carbonyl (C=O) groups excluding carboxylic acids is 2. The zero-order valence-corrected chi connectivity index (χ0v) is 18.7. The summed E-state index contributed by atoms with van der Waals surface area (Å²) in [4.78, 5) is 28.8. The van der Waals surface area contributed by atoms with Crippen LogP contribution in [-0.4, -0.2) is 44.1 Å². The van der Waals surface area contributed by atoms with Crippen molar-refractivity contribution in [3.05, 3.63) is 48.0 Å². The second-order valence-electron chi connectivity index (χ2n) is 8.18. The topological polar surface area (TPSA) is 106 Å². The van der Waals surface area contributed by atoms with Crippen molar-refractivity contribution in [3.8, 4) is 11.6 Å². The van der Waals surface area contributed by atoms with Crippen LogP contribution in [0.4, 0.5) is 10.1 Å². The number of furan rings is 1. The number of halogens is 1. The molecule has 0 radical (unpaired) electrons. The monoisotopic (exact) mass is 454 g/mol. The molecule has 3 aromatic rings. The van der Waals surface area contributed by atoms with Crippen LogP contribution in [0.15, 0.2) is 40.8 Å². The van der Waals surface area contributed by atoms with Crippen LogP contribution >= 0.6 is 0 Å². The number of benzene rings is 1. The number of rotatable bonds is 8. The molecule has 9 nitrogen and oxygen atoms in total. The Balaban J connectivity index is 1.58. The lowest BCUT2D eigenvalue weighted by Crippen LogP contribution is -2.52. The van der Waals surface area contributed by atoms with Crippen molar-refractivity contribution in [3.63, 3.8) is 0 Å². The average molecular weight is 455 g/mol. The quantitative estimate of drug-likeness (QED) is 0.560. The Bertz CT molecular complexity index is 1120.